The largest absolute Gasteiger partial charge is 0.395 e. The van der Waals surface area contributed by atoms with Crippen LogP contribution in [0.25, 0.3) is 10.9 Å². The minimum absolute atomic E-state index is 0.00675. The van der Waals surface area contributed by atoms with Gasteiger partial charge >= 0.3 is 0 Å². The molecule has 3 N–H and O–H groups in total. The van der Waals surface area contributed by atoms with E-state index in [0.29, 0.717) is 23.1 Å². The number of carbonyl (C=O) groups excluding carboxylic acids is 1. The van der Waals surface area contributed by atoms with E-state index in [0.717, 1.165) is 34.3 Å². The van der Waals surface area contributed by atoms with Crippen molar-refractivity contribution >= 4 is 45.7 Å². The van der Waals surface area contributed by atoms with Crippen LogP contribution in [0.3, 0.4) is 0 Å². The van der Waals surface area contributed by atoms with E-state index >= 15 is 0 Å². The first kappa shape index (κ1) is 16.4. The molecule has 7 heteroatoms. The number of aliphatic hydroxyl groups is 1. The Bertz CT molecular complexity index is 786. The van der Waals surface area contributed by atoms with Gasteiger partial charge in [-0.15, -0.1) is 0 Å². The lowest BCUT2D eigenvalue weighted by Gasteiger charge is -2.13. The van der Waals surface area contributed by atoms with E-state index in [1.807, 2.05) is 18.5 Å². The number of nitrogens with zero attached hydrogens (tertiary/aromatic N) is 1. The molecule has 0 spiro atoms. The SMILES string of the molecule is C[C@H]1C(=O)NCCc2c1c1c(NCCO)cc(Cl)c(Cl)c1n2C. The van der Waals surface area contributed by atoms with Crippen LogP contribution in [0.5, 0.6) is 0 Å². The summed E-state index contributed by atoms with van der Waals surface area (Å²) in [6.07, 6.45) is 0.740. The maximum atomic E-state index is 12.3. The summed E-state index contributed by atoms with van der Waals surface area (Å²) in [7, 11) is 1.95. The zero-order chi connectivity index (χ0) is 16.7. The lowest BCUT2D eigenvalue weighted by molar-refractivity contribution is -0.121. The highest BCUT2D eigenvalue weighted by Gasteiger charge is 2.30. The van der Waals surface area contributed by atoms with Gasteiger partial charge in [0.25, 0.3) is 0 Å². The molecule has 0 saturated heterocycles. The molecule has 0 aliphatic carbocycles. The average molecular weight is 356 g/mol. The Morgan fingerprint density at radius 2 is 2.22 bits per heavy atom. The molecular formula is C16H19Cl2N3O2. The summed E-state index contributed by atoms with van der Waals surface area (Å²) in [5.41, 5.74) is 3.69. The number of anilines is 1. The molecule has 1 atom stereocenters. The number of benzene rings is 1. The summed E-state index contributed by atoms with van der Waals surface area (Å²) in [5, 5.41) is 17.1. The predicted octanol–water partition coefficient (Wildman–Crippen LogP) is 2.67. The highest BCUT2D eigenvalue weighted by molar-refractivity contribution is 6.45. The van der Waals surface area contributed by atoms with Gasteiger partial charge in [-0.05, 0) is 18.6 Å². The molecule has 0 unspecified atom stereocenters. The number of halogens is 2. The molecule has 23 heavy (non-hydrogen) atoms. The first-order chi connectivity index (χ1) is 11.0. The maximum absolute atomic E-state index is 12.3. The zero-order valence-electron chi connectivity index (χ0n) is 13.0. The van der Waals surface area contributed by atoms with Gasteiger partial charge in [0.05, 0.1) is 28.1 Å². The third-order valence-corrected chi connectivity index (χ3v) is 5.21. The highest BCUT2D eigenvalue weighted by Crippen LogP contribution is 2.43. The van der Waals surface area contributed by atoms with Gasteiger partial charge in [-0.25, -0.2) is 0 Å². The van der Waals surface area contributed by atoms with Crippen LogP contribution in [0.4, 0.5) is 5.69 Å². The van der Waals surface area contributed by atoms with Gasteiger partial charge in [0.1, 0.15) is 0 Å². The second-order valence-corrected chi connectivity index (χ2v) is 6.56. The van der Waals surface area contributed by atoms with Gasteiger partial charge in [0.15, 0.2) is 0 Å². The van der Waals surface area contributed by atoms with Gasteiger partial charge in [0, 0.05) is 43.3 Å². The number of fused-ring (bicyclic) bond motifs is 3. The van der Waals surface area contributed by atoms with Crippen molar-refractivity contribution in [3.8, 4) is 0 Å². The van der Waals surface area contributed by atoms with E-state index in [9.17, 15) is 4.79 Å². The molecule has 2 heterocycles. The number of hydrogen-bond donors (Lipinski definition) is 3. The number of aryl methyl sites for hydroxylation is 1. The van der Waals surface area contributed by atoms with Crippen LogP contribution in [-0.2, 0) is 18.3 Å². The van der Waals surface area contributed by atoms with Gasteiger partial charge in [-0.1, -0.05) is 23.2 Å². The van der Waals surface area contributed by atoms with Crippen molar-refractivity contribution < 1.29 is 9.90 Å². The van der Waals surface area contributed by atoms with Gasteiger partial charge in [-0.2, -0.15) is 0 Å². The Balaban J connectivity index is 2.37. The smallest absolute Gasteiger partial charge is 0.227 e. The van der Waals surface area contributed by atoms with Crippen molar-refractivity contribution in [1.82, 2.24) is 9.88 Å². The normalized spacial score (nSPS) is 17.8. The first-order valence-corrected chi connectivity index (χ1v) is 8.34. The number of nitrogens with one attached hydrogen (secondary N) is 2. The number of rotatable bonds is 3. The van der Waals surface area contributed by atoms with Crippen molar-refractivity contribution in [1.29, 1.82) is 0 Å². The summed E-state index contributed by atoms with van der Waals surface area (Å²) in [4.78, 5) is 12.3. The summed E-state index contributed by atoms with van der Waals surface area (Å²) in [5.74, 6) is -0.265. The summed E-state index contributed by atoms with van der Waals surface area (Å²) in [6, 6.07) is 1.76. The molecule has 1 aromatic heterocycles. The molecule has 5 nitrogen and oxygen atoms in total. The average Bonchev–Trinajstić information content (AvgIpc) is 2.73. The highest BCUT2D eigenvalue weighted by atomic mass is 35.5. The van der Waals surface area contributed by atoms with Crippen LogP contribution in [0.1, 0.15) is 24.1 Å². The predicted molar refractivity (Wildman–Crippen MR) is 93.6 cm³/mol. The Morgan fingerprint density at radius 1 is 1.48 bits per heavy atom. The maximum Gasteiger partial charge on any atom is 0.227 e. The van der Waals surface area contributed by atoms with Crippen LogP contribution >= 0.6 is 23.2 Å². The number of carbonyl (C=O) groups is 1. The summed E-state index contributed by atoms with van der Waals surface area (Å²) in [6.45, 7) is 2.91. The monoisotopic (exact) mass is 355 g/mol. The molecule has 1 aliphatic rings. The Kier molecular flexibility index (Phi) is 4.45. The minimum atomic E-state index is -0.275. The lowest BCUT2D eigenvalue weighted by atomic mass is 9.96. The Hall–Kier alpha value is -1.43. The van der Waals surface area contributed by atoms with Crippen molar-refractivity contribution in [2.75, 3.05) is 25.0 Å². The molecule has 0 radical (unpaired) electrons. The Morgan fingerprint density at radius 3 is 2.91 bits per heavy atom. The molecule has 0 saturated carbocycles. The van der Waals surface area contributed by atoms with Crippen LogP contribution in [0, 0.1) is 0 Å². The van der Waals surface area contributed by atoms with E-state index in [4.69, 9.17) is 28.3 Å². The number of amides is 1. The number of aliphatic hydroxyl groups excluding tert-OH is 1. The molecule has 2 aromatic rings. The van der Waals surface area contributed by atoms with Crippen molar-refractivity contribution in [2.24, 2.45) is 7.05 Å². The Labute approximate surface area is 144 Å². The third kappa shape index (κ3) is 2.57. The molecule has 1 aliphatic heterocycles. The quantitative estimate of drug-likeness (QED) is 0.792. The van der Waals surface area contributed by atoms with Crippen molar-refractivity contribution in [3.05, 3.63) is 27.4 Å². The summed E-state index contributed by atoms with van der Waals surface area (Å²) >= 11 is 12.7. The molecule has 3 rings (SSSR count). The van der Waals surface area contributed by atoms with Crippen LogP contribution in [-0.4, -0.2) is 35.3 Å². The number of hydrogen-bond acceptors (Lipinski definition) is 3. The van der Waals surface area contributed by atoms with Crippen LogP contribution in [0.15, 0.2) is 6.07 Å². The lowest BCUT2D eigenvalue weighted by Crippen LogP contribution is -2.27. The second-order valence-electron chi connectivity index (χ2n) is 5.78. The van der Waals surface area contributed by atoms with Crippen LogP contribution < -0.4 is 10.6 Å². The molecular weight excluding hydrogens is 337 g/mol. The molecule has 0 bridgehead atoms. The molecule has 0 fully saturated rings. The first-order valence-electron chi connectivity index (χ1n) is 7.59. The van der Waals surface area contributed by atoms with Crippen molar-refractivity contribution in [2.45, 2.75) is 19.3 Å². The fourth-order valence-electron chi connectivity index (χ4n) is 3.35. The van der Waals surface area contributed by atoms with E-state index in [1.54, 1.807) is 6.07 Å². The van der Waals surface area contributed by atoms with E-state index in [2.05, 4.69) is 10.6 Å². The standard InChI is InChI=1S/C16H19Cl2N3O2/c1-8-12-11(3-4-20-16(8)23)21(2)15-13(12)10(19-5-6-22)7-9(17)14(15)18/h7-8,19,22H,3-6H2,1-2H3,(H,20,23)/t8-/m1/s1. The van der Waals surface area contributed by atoms with Crippen molar-refractivity contribution in [3.63, 3.8) is 0 Å². The third-order valence-electron chi connectivity index (χ3n) is 4.43. The second kappa shape index (κ2) is 6.23. The fraction of sp³-hybridized carbons (Fsp3) is 0.438. The van der Waals surface area contributed by atoms with E-state index < -0.39 is 0 Å². The van der Waals surface area contributed by atoms with Gasteiger partial charge < -0.3 is 20.3 Å². The van der Waals surface area contributed by atoms with E-state index in [-0.39, 0.29) is 18.4 Å². The topological polar surface area (TPSA) is 66.3 Å². The van der Waals surface area contributed by atoms with Crippen LogP contribution in [0.2, 0.25) is 10.0 Å². The molecule has 1 aromatic carbocycles. The zero-order valence-corrected chi connectivity index (χ0v) is 14.6. The summed E-state index contributed by atoms with van der Waals surface area (Å²) < 4.78 is 2.03. The van der Waals surface area contributed by atoms with Gasteiger partial charge in [0.2, 0.25) is 5.91 Å². The molecule has 124 valence electrons. The minimum Gasteiger partial charge on any atom is -0.395 e. The number of aromatic nitrogens is 1. The fourth-order valence-corrected chi connectivity index (χ4v) is 3.82. The molecule has 1 amide bonds. The van der Waals surface area contributed by atoms with E-state index in [1.165, 1.54) is 0 Å². The van der Waals surface area contributed by atoms with Gasteiger partial charge in [-0.3, -0.25) is 4.79 Å².